The van der Waals surface area contributed by atoms with E-state index in [1.807, 2.05) is 30.5 Å². The van der Waals surface area contributed by atoms with Gasteiger partial charge >= 0.3 is 5.97 Å². The molecule has 0 N–H and O–H groups in total. The molecule has 2 aromatic heterocycles. The lowest BCUT2D eigenvalue weighted by atomic mass is 10.1. The molecule has 0 bridgehead atoms. The second-order valence-electron chi connectivity index (χ2n) is 6.16. The standard InChI is InChI=1S/C19H15N3O4S/c1-11-7-8-12(2)21(11)19-20-13(10-27-19)9-16(23)26-22-17(24)14-5-3-4-6-15(14)18(22)25/h3-8,10H,9H2,1-2H3. The molecular formula is C19H15N3O4S. The van der Waals surface area contributed by atoms with Gasteiger partial charge in [-0.05, 0) is 38.1 Å². The predicted octanol–water partition coefficient (Wildman–Crippen LogP) is 2.85. The van der Waals surface area contributed by atoms with Crippen LogP contribution in [0.25, 0.3) is 5.13 Å². The van der Waals surface area contributed by atoms with Crippen LogP contribution in [0, 0.1) is 13.8 Å². The molecular weight excluding hydrogens is 366 g/mol. The van der Waals surface area contributed by atoms with Gasteiger partial charge in [0.25, 0.3) is 11.8 Å². The summed E-state index contributed by atoms with van der Waals surface area (Å²) < 4.78 is 1.99. The van der Waals surface area contributed by atoms with Crippen molar-refractivity contribution in [3.63, 3.8) is 0 Å². The van der Waals surface area contributed by atoms with Gasteiger partial charge in [0.15, 0.2) is 5.13 Å². The van der Waals surface area contributed by atoms with Crippen molar-refractivity contribution in [3.8, 4) is 5.13 Å². The van der Waals surface area contributed by atoms with Crippen LogP contribution in [0.4, 0.5) is 0 Å². The molecule has 0 atom stereocenters. The van der Waals surface area contributed by atoms with Crippen molar-refractivity contribution in [2.24, 2.45) is 0 Å². The normalized spacial score (nSPS) is 13.2. The number of carbonyl (C=O) groups excluding carboxylic acids is 3. The average Bonchev–Trinajstić information content (AvgIpc) is 3.29. The van der Waals surface area contributed by atoms with Gasteiger partial charge in [-0.2, -0.15) is 0 Å². The molecule has 27 heavy (non-hydrogen) atoms. The van der Waals surface area contributed by atoms with E-state index >= 15 is 0 Å². The fourth-order valence-corrected chi connectivity index (χ4v) is 3.92. The highest BCUT2D eigenvalue weighted by atomic mass is 32.1. The minimum Gasteiger partial charge on any atom is -0.329 e. The number of hydrogen-bond acceptors (Lipinski definition) is 6. The molecule has 0 fully saturated rings. The molecule has 7 nitrogen and oxygen atoms in total. The highest BCUT2D eigenvalue weighted by Crippen LogP contribution is 2.24. The summed E-state index contributed by atoms with van der Waals surface area (Å²) in [5.41, 5.74) is 3.06. The van der Waals surface area contributed by atoms with E-state index in [4.69, 9.17) is 4.84 Å². The molecule has 2 amide bonds. The lowest BCUT2D eigenvalue weighted by molar-refractivity contribution is -0.167. The van der Waals surface area contributed by atoms with E-state index in [0.717, 1.165) is 16.5 Å². The average molecular weight is 381 g/mol. The second kappa shape index (κ2) is 6.48. The minimum atomic E-state index is -0.720. The highest BCUT2D eigenvalue weighted by Gasteiger charge is 2.38. The maximum absolute atomic E-state index is 12.2. The number of fused-ring (bicyclic) bond motifs is 1. The molecule has 8 heteroatoms. The van der Waals surface area contributed by atoms with Gasteiger partial charge < -0.3 is 4.84 Å². The Labute approximate surface area is 158 Å². The number of amides is 2. The molecule has 3 heterocycles. The minimum absolute atomic E-state index is 0.136. The van der Waals surface area contributed by atoms with Crippen molar-refractivity contribution >= 4 is 29.1 Å². The van der Waals surface area contributed by atoms with Crippen molar-refractivity contribution in [1.82, 2.24) is 14.6 Å². The van der Waals surface area contributed by atoms with E-state index in [1.165, 1.54) is 23.5 Å². The first-order valence-electron chi connectivity index (χ1n) is 8.24. The second-order valence-corrected chi connectivity index (χ2v) is 7.00. The quantitative estimate of drug-likeness (QED) is 0.649. The van der Waals surface area contributed by atoms with Crippen LogP contribution >= 0.6 is 11.3 Å². The van der Waals surface area contributed by atoms with Crippen molar-refractivity contribution in [2.75, 3.05) is 0 Å². The molecule has 0 unspecified atom stereocenters. The van der Waals surface area contributed by atoms with Crippen LogP contribution in [0.2, 0.25) is 0 Å². The number of benzene rings is 1. The van der Waals surface area contributed by atoms with Gasteiger partial charge in [-0.1, -0.05) is 17.2 Å². The zero-order chi connectivity index (χ0) is 19.1. The number of aromatic nitrogens is 2. The molecule has 4 rings (SSSR count). The first-order valence-corrected chi connectivity index (χ1v) is 9.12. The smallest absolute Gasteiger partial charge is 0.329 e. The van der Waals surface area contributed by atoms with Crippen molar-refractivity contribution in [1.29, 1.82) is 0 Å². The number of carbonyl (C=O) groups is 3. The fraction of sp³-hybridized carbons (Fsp3) is 0.158. The maximum Gasteiger partial charge on any atom is 0.339 e. The molecule has 1 aromatic carbocycles. The first-order chi connectivity index (χ1) is 13.0. The zero-order valence-corrected chi connectivity index (χ0v) is 15.4. The van der Waals surface area contributed by atoms with Gasteiger partial charge in [0.05, 0.1) is 23.2 Å². The molecule has 0 aliphatic carbocycles. The van der Waals surface area contributed by atoms with E-state index in [9.17, 15) is 14.4 Å². The number of nitrogens with zero attached hydrogens (tertiary/aromatic N) is 3. The largest absolute Gasteiger partial charge is 0.339 e. The number of rotatable bonds is 4. The number of imide groups is 1. The molecule has 0 spiro atoms. The Bertz CT molecular complexity index is 1030. The number of thiazole rings is 1. The van der Waals surface area contributed by atoms with E-state index < -0.39 is 17.8 Å². The summed E-state index contributed by atoms with van der Waals surface area (Å²) in [6.45, 7) is 3.95. The van der Waals surface area contributed by atoms with Crippen LogP contribution in [0.15, 0.2) is 41.8 Å². The molecule has 3 aromatic rings. The van der Waals surface area contributed by atoms with Crippen LogP contribution in [-0.4, -0.2) is 32.4 Å². The van der Waals surface area contributed by atoms with Crippen LogP contribution < -0.4 is 0 Å². The van der Waals surface area contributed by atoms with Crippen molar-refractivity contribution in [2.45, 2.75) is 20.3 Å². The predicted molar refractivity (Wildman–Crippen MR) is 97.7 cm³/mol. The lowest BCUT2D eigenvalue weighted by Crippen LogP contribution is -2.33. The van der Waals surface area contributed by atoms with Gasteiger partial charge in [-0.15, -0.1) is 11.3 Å². The third-order valence-corrected chi connectivity index (χ3v) is 5.15. The van der Waals surface area contributed by atoms with E-state index in [0.29, 0.717) is 10.8 Å². The molecule has 0 saturated carbocycles. The Balaban J connectivity index is 1.47. The van der Waals surface area contributed by atoms with E-state index in [2.05, 4.69) is 4.98 Å². The van der Waals surface area contributed by atoms with Gasteiger partial charge in [-0.3, -0.25) is 14.2 Å². The van der Waals surface area contributed by atoms with Crippen LogP contribution in [0.1, 0.15) is 37.8 Å². The summed E-state index contributed by atoms with van der Waals surface area (Å²) in [4.78, 5) is 46.2. The third kappa shape index (κ3) is 2.93. The van der Waals surface area contributed by atoms with Crippen molar-refractivity contribution in [3.05, 3.63) is 70.0 Å². The summed E-state index contributed by atoms with van der Waals surface area (Å²) in [5.74, 6) is -2.00. The number of aryl methyl sites for hydroxylation is 2. The third-order valence-electron chi connectivity index (χ3n) is 4.28. The Hall–Kier alpha value is -3.26. The van der Waals surface area contributed by atoms with Gasteiger partial charge in [-0.25, -0.2) is 9.78 Å². The maximum atomic E-state index is 12.2. The Kier molecular flexibility index (Phi) is 4.12. The Morgan fingerprint density at radius 2 is 1.63 bits per heavy atom. The lowest BCUT2D eigenvalue weighted by Gasteiger charge is -2.12. The molecule has 0 saturated heterocycles. The van der Waals surface area contributed by atoms with Gasteiger partial charge in [0, 0.05) is 16.8 Å². The van der Waals surface area contributed by atoms with Crippen molar-refractivity contribution < 1.29 is 19.2 Å². The molecule has 0 radical (unpaired) electrons. The topological polar surface area (TPSA) is 81.5 Å². The molecule has 1 aliphatic heterocycles. The van der Waals surface area contributed by atoms with Crippen LogP contribution in [-0.2, 0) is 16.1 Å². The van der Waals surface area contributed by atoms with E-state index in [-0.39, 0.29) is 17.5 Å². The summed E-state index contributed by atoms with van der Waals surface area (Å²) in [7, 11) is 0. The molecule has 1 aliphatic rings. The fourth-order valence-electron chi connectivity index (χ4n) is 2.98. The molecule has 136 valence electrons. The Morgan fingerprint density at radius 1 is 1.04 bits per heavy atom. The summed E-state index contributed by atoms with van der Waals surface area (Å²) in [6.07, 6.45) is -0.136. The summed E-state index contributed by atoms with van der Waals surface area (Å²) >= 11 is 1.41. The summed E-state index contributed by atoms with van der Waals surface area (Å²) in [6, 6.07) is 10.3. The monoisotopic (exact) mass is 381 g/mol. The first kappa shape index (κ1) is 17.2. The SMILES string of the molecule is Cc1ccc(C)n1-c1nc(CC(=O)ON2C(=O)c3ccccc3C2=O)cs1. The number of hydroxylamine groups is 2. The zero-order valence-electron chi connectivity index (χ0n) is 14.6. The summed E-state index contributed by atoms with van der Waals surface area (Å²) in [5, 5.41) is 3.02. The Morgan fingerprint density at radius 3 is 2.22 bits per heavy atom. The van der Waals surface area contributed by atoms with Gasteiger partial charge in [0.2, 0.25) is 0 Å². The van der Waals surface area contributed by atoms with Crippen LogP contribution in [0.5, 0.6) is 0 Å². The van der Waals surface area contributed by atoms with E-state index in [1.54, 1.807) is 17.5 Å². The van der Waals surface area contributed by atoms with Gasteiger partial charge in [0.1, 0.15) is 0 Å². The van der Waals surface area contributed by atoms with Crippen LogP contribution in [0.3, 0.4) is 0 Å². The highest BCUT2D eigenvalue weighted by molar-refractivity contribution is 7.12. The number of hydrogen-bond donors (Lipinski definition) is 0.